The monoisotopic (exact) mass is 416 g/mol. The number of carbonyl (C=O) groups is 1. The number of carbonyl (C=O) groups excluding carboxylic acids is 1. The number of rotatable bonds is 7. The molecule has 0 aliphatic rings. The zero-order valence-corrected chi connectivity index (χ0v) is 16.5. The fourth-order valence-corrected chi connectivity index (χ4v) is 4.39. The number of benzene rings is 2. The van der Waals surface area contributed by atoms with Gasteiger partial charge in [-0.25, -0.2) is 8.42 Å². The van der Waals surface area contributed by atoms with E-state index in [-0.39, 0.29) is 28.0 Å². The van der Waals surface area contributed by atoms with Crippen LogP contribution in [0.1, 0.15) is 6.92 Å². The molecule has 1 amide bonds. The van der Waals surface area contributed by atoms with E-state index in [9.17, 15) is 13.2 Å². The fraction of sp³-hybridized carbons (Fsp3) is 0.235. The molecule has 140 valence electrons. The van der Waals surface area contributed by atoms with Crippen LogP contribution in [0.5, 0.6) is 5.75 Å². The van der Waals surface area contributed by atoms with E-state index < -0.39 is 15.9 Å². The molecule has 0 aliphatic carbocycles. The maximum Gasteiger partial charge on any atom is 0.245 e. The van der Waals surface area contributed by atoms with Gasteiger partial charge in [0.1, 0.15) is 10.6 Å². The second kappa shape index (κ2) is 8.73. The Labute approximate surface area is 162 Å². The number of hydrogen-bond acceptors (Lipinski definition) is 4. The molecule has 26 heavy (non-hydrogen) atoms. The summed E-state index contributed by atoms with van der Waals surface area (Å²) in [5.74, 6) is 0.0929. The lowest BCUT2D eigenvalue weighted by Crippen LogP contribution is -2.38. The zero-order valence-electron chi connectivity index (χ0n) is 14.2. The minimum absolute atomic E-state index is 0.0687. The van der Waals surface area contributed by atoms with Crippen LogP contribution in [0.2, 0.25) is 10.0 Å². The van der Waals surface area contributed by atoms with Gasteiger partial charge in [0.15, 0.2) is 0 Å². The molecule has 0 atom stereocenters. The van der Waals surface area contributed by atoms with E-state index in [4.69, 9.17) is 27.9 Å². The minimum atomic E-state index is -3.97. The van der Waals surface area contributed by atoms with Crippen LogP contribution in [-0.4, -0.2) is 38.8 Å². The predicted octanol–water partition coefficient (Wildman–Crippen LogP) is 3.65. The van der Waals surface area contributed by atoms with E-state index in [1.807, 2.05) is 0 Å². The molecule has 0 saturated carbocycles. The van der Waals surface area contributed by atoms with Crippen LogP contribution < -0.4 is 10.1 Å². The lowest BCUT2D eigenvalue weighted by atomic mass is 10.3. The highest BCUT2D eigenvalue weighted by atomic mass is 35.5. The highest BCUT2D eigenvalue weighted by molar-refractivity contribution is 7.89. The van der Waals surface area contributed by atoms with Gasteiger partial charge in [-0.2, -0.15) is 4.31 Å². The molecule has 0 bridgehead atoms. The van der Waals surface area contributed by atoms with E-state index in [0.29, 0.717) is 11.4 Å². The number of amides is 1. The molecule has 0 aliphatic heterocycles. The molecular formula is C17H18Cl2N2O4S. The van der Waals surface area contributed by atoms with E-state index >= 15 is 0 Å². The summed E-state index contributed by atoms with van der Waals surface area (Å²) in [4.78, 5) is 12.2. The standard InChI is InChI=1S/C17H18Cl2N2O4S/c1-3-21(26(23,24)15-9-5-8-14(18)17(15)19)11-16(22)20-12-6-4-7-13(10-12)25-2/h4-10H,3,11H2,1-2H3,(H,20,22). The Kier molecular flexibility index (Phi) is 6.88. The fourth-order valence-electron chi connectivity index (χ4n) is 2.25. The lowest BCUT2D eigenvalue weighted by Gasteiger charge is -2.21. The summed E-state index contributed by atoms with van der Waals surface area (Å²) in [6.07, 6.45) is 0. The van der Waals surface area contributed by atoms with E-state index in [2.05, 4.69) is 5.32 Å². The molecule has 0 fully saturated rings. The number of nitrogens with zero attached hydrogens (tertiary/aromatic N) is 1. The maximum absolute atomic E-state index is 12.8. The van der Waals surface area contributed by atoms with Crippen LogP contribution >= 0.6 is 23.2 Å². The zero-order chi connectivity index (χ0) is 19.3. The van der Waals surface area contributed by atoms with Gasteiger partial charge < -0.3 is 10.1 Å². The number of anilines is 1. The van der Waals surface area contributed by atoms with Crippen molar-refractivity contribution in [2.75, 3.05) is 25.5 Å². The third-order valence-corrected chi connectivity index (χ3v) is 6.45. The van der Waals surface area contributed by atoms with Crippen molar-refractivity contribution in [1.29, 1.82) is 0 Å². The molecular weight excluding hydrogens is 399 g/mol. The predicted molar refractivity (Wildman–Crippen MR) is 103 cm³/mol. The van der Waals surface area contributed by atoms with E-state index in [1.54, 1.807) is 31.2 Å². The first-order valence-corrected chi connectivity index (χ1v) is 9.87. The Morgan fingerprint density at radius 3 is 2.54 bits per heavy atom. The summed E-state index contributed by atoms with van der Waals surface area (Å²) in [6.45, 7) is 1.37. The van der Waals surface area contributed by atoms with Crippen molar-refractivity contribution in [2.45, 2.75) is 11.8 Å². The summed E-state index contributed by atoms with van der Waals surface area (Å²) >= 11 is 11.9. The van der Waals surface area contributed by atoms with E-state index in [0.717, 1.165) is 4.31 Å². The van der Waals surface area contributed by atoms with Crippen LogP contribution in [0.4, 0.5) is 5.69 Å². The summed E-state index contributed by atoms with van der Waals surface area (Å²) < 4.78 is 31.7. The Morgan fingerprint density at radius 2 is 1.88 bits per heavy atom. The number of likely N-dealkylation sites (N-methyl/N-ethyl adjacent to an activating group) is 1. The molecule has 6 nitrogen and oxygen atoms in total. The molecule has 9 heteroatoms. The van der Waals surface area contributed by atoms with Crippen LogP contribution in [0.3, 0.4) is 0 Å². The number of hydrogen-bond donors (Lipinski definition) is 1. The van der Waals surface area contributed by atoms with Gasteiger partial charge in [-0.3, -0.25) is 4.79 Å². The summed E-state index contributed by atoms with van der Waals surface area (Å²) in [6, 6.07) is 11.1. The van der Waals surface area contributed by atoms with Gasteiger partial charge in [0, 0.05) is 18.3 Å². The van der Waals surface area contributed by atoms with Gasteiger partial charge >= 0.3 is 0 Å². The second-order valence-electron chi connectivity index (χ2n) is 5.26. The normalized spacial score (nSPS) is 11.4. The molecule has 1 N–H and O–H groups in total. The SMILES string of the molecule is CCN(CC(=O)Nc1cccc(OC)c1)S(=O)(=O)c1cccc(Cl)c1Cl. The van der Waals surface area contributed by atoms with Gasteiger partial charge in [-0.15, -0.1) is 0 Å². The topological polar surface area (TPSA) is 75.7 Å². The van der Waals surface area contributed by atoms with Crippen molar-refractivity contribution in [3.05, 3.63) is 52.5 Å². The van der Waals surface area contributed by atoms with Gasteiger partial charge in [0.05, 0.1) is 23.7 Å². The Hall–Kier alpha value is -1.80. The Bertz CT molecular complexity index is 903. The smallest absolute Gasteiger partial charge is 0.245 e. The van der Waals surface area contributed by atoms with Gasteiger partial charge in [-0.05, 0) is 24.3 Å². The van der Waals surface area contributed by atoms with Crippen LogP contribution in [0.25, 0.3) is 0 Å². The number of halogens is 2. The highest BCUT2D eigenvalue weighted by Gasteiger charge is 2.28. The largest absolute Gasteiger partial charge is 0.497 e. The highest BCUT2D eigenvalue weighted by Crippen LogP contribution is 2.30. The van der Waals surface area contributed by atoms with Crippen LogP contribution in [0.15, 0.2) is 47.4 Å². The van der Waals surface area contributed by atoms with E-state index in [1.165, 1.54) is 25.3 Å². The molecule has 0 saturated heterocycles. The number of methoxy groups -OCH3 is 1. The molecule has 2 rings (SSSR count). The average molecular weight is 417 g/mol. The molecule has 0 radical (unpaired) electrons. The average Bonchev–Trinajstić information content (AvgIpc) is 2.61. The van der Waals surface area contributed by atoms with Gasteiger partial charge in [0.2, 0.25) is 15.9 Å². The van der Waals surface area contributed by atoms with Crippen LogP contribution in [-0.2, 0) is 14.8 Å². The molecule has 0 spiro atoms. The van der Waals surface area contributed by atoms with Gasteiger partial charge in [-0.1, -0.05) is 42.3 Å². The lowest BCUT2D eigenvalue weighted by molar-refractivity contribution is -0.116. The summed E-state index contributed by atoms with van der Waals surface area (Å²) in [7, 11) is -2.46. The quantitative estimate of drug-likeness (QED) is 0.746. The summed E-state index contributed by atoms with van der Waals surface area (Å²) in [5.41, 5.74) is 0.503. The van der Waals surface area contributed by atoms with Crippen molar-refractivity contribution in [1.82, 2.24) is 4.31 Å². The third kappa shape index (κ3) is 4.67. The first-order valence-electron chi connectivity index (χ1n) is 7.67. The third-order valence-electron chi connectivity index (χ3n) is 3.56. The number of ether oxygens (including phenoxy) is 1. The Balaban J connectivity index is 2.19. The van der Waals surface area contributed by atoms with Crippen molar-refractivity contribution < 1.29 is 17.9 Å². The first-order chi connectivity index (χ1) is 12.3. The van der Waals surface area contributed by atoms with Crippen molar-refractivity contribution in [3.8, 4) is 5.75 Å². The molecule has 0 unspecified atom stereocenters. The van der Waals surface area contributed by atoms with Gasteiger partial charge in [0.25, 0.3) is 0 Å². The molecule has 0 aromatic heterocycles. The maximum atomic E-state index is 12.8. The Morgan fingerprint density at radius 1 is 1.19 bits per heavy atom. The second-order valence-corrected chi connectivity index (χ2v) is 7.95. The van der Waals surface area contributed by atoms with Crippen LogP contribution in [0, 0.1) is 0 Å². The molecule has 0 heterocycles. The van der Waals surface area contributed by atoms with Crippen molar-refractivity contribution in [2.24, 2.45) is 0 Å². The molecule has 2 aromatic carbocycles. The van der Waals surface area contributed by atoms with Crippen molar-refractivity contribution >= 4 is 44.8 Å². The first kappa shape index (κ1) is 20.5. The summed E-state index contributed by atoms with van der Waals surface area (Å²) in [5, 5.41) is 2.71. The number of nitrogens with one attached hydrogen (secondary N) is 1. The molecule has 2 aromatic rings. The minimum Gasteiger partial charge on any atom is -0.497 e. The van der Waals surface area contributed by atoms with Crippen molar-refractivity contribution in [3.63, 3.8) is 0 Å². The number of sulfonamides is 1.